The van der Waals surface area contributed by atoms with Crippen LogP contribution in [0.15, 0.2) is 10.9 Å². The van der Waals surface area contributed by atoms with Gasteiger partial charge in [-0.1, -0.05) is 0 Å². The van der Waals surface area contributed by atoms with E-state index >= 15 is 0 Å². The number of aromatic nitrogens is 1. The first-order chi connectivity index (χ1) is 5.38. The molecule has 0 bridgehead atoms. The van der Waals surface area contributed by atoms with Gasteiger partial charge < -0.3 is 0 Å². The lowest BCUT2D eigenvalue weighted by Gasteiger charge is -2.16. The highest BCUT2D eigenvalue weighted by atomic mass is 32.1. The van der Waals surface area contributed by atoms with Crippen LogP contribution in [0.2, 0.25) is 0 Å². The highest BCUT2D eigenvalue weighted by Gasteiger charge is 2.23. The van der Waals surface area contributed by atoms with E-state index in [4.69, 9.17) is 0 Å². The molecule has 1 aliphatic rings. The summed E-state index contributed by atoms with van der Waals surface area (Å²) in [6.45, 7) is 1.22. The van der Waals surface area contributed by atoms with Crippen LogP contribution >= 0.6 is 11.3 Å². The van der Waals surface area contributed by atoms with E-state index < -0.39 is 0 Å². The number of likely N-dealkylation sites (tertiary alicyclic amines) is 1. The van der Waals surface area contributed by atoms with Crippen molar-refractivity contribution in [1.29, 1.82) is 0 Å². The van der Waals surface area contributed by atoms with Gasteiger partial charge in [0.2, 0.25) is 0 Å². The average molecular weight is 168 g/mol. The van der Waals surface area contributed by atoms with Crippen LogP contribution in [0.3, 0.4) is 0 Å². The summed E-state index contributed by atoms with van der Waals surface area (Å²) in [4.78, 5) is 6.71. The minimum Gasteiger partial charge on any atom is -0.298 e. The molecule has 1 aliphatic heterocycles. The molecule has 1 saturated heterocycles. The highest BCUT2D eigenvalue weighted by Crippen LogP contribution is 2.29. The Labute approximate surface area is 70.9 Å². The fourth-order valence-electron chi connectivity index (χ4n) is 1.67. The Kier molecular flexibility index (Phi) is 1.92. The summed E-state index contributed by atoms with van der Waals surface area (Å²) in [7, 11) is 2.18. The largest absolute Gasteiger partial charge is 0.298 e. The van der Waals surface area contributed by atoms with Crippen LogP contribution in [-0.2, 0) is 0 Å². The molecule has 2 rings (SSSR count). The fourth-order valence-corrected chi connectivity index (χ4v) is 2.27. The molecule has 11 heavy (non-hydrogen) atoms. The number of rotatable bonds is 1. The fraction of sp³-hybridized carbons (Fsp3) is 0.625. The Morgan fingerprint density at radius 1 is 1.73 bits per heavy atom. The second-order valence-electron chi connectivity index (χ2n) is 3.05. The lowest BCUT2D eigenvalue weighted by molar-refractivity contribution is 0.313. The van der Waals surface area contributed by atoms with Gasteiger partial charge >= 0.3 is 0 Å². The van der Waals surface area contributed by atoms with E-state index in [2.05, 4.69) is 22.3 Å². The minimum absolute atomic E-state index is 0.598. The van der Waals surface area contributed by atoms with Crippen molar-refractivity contribution in [1.82, 2.24) is 9.88 Å². The molecule has 3 heteroatoms. The van der Waals surface area contributed by atoms with Gasteiger partial charge in [-0.05, 0) is 26.4 Å². The topological polar surface area (TPSA) is 16.1 Å². The van der Waals surface area contributed by atoms with Crippen molar-refractivity contribution < 1.29 is 0 Å². The first kappa shape index (κ1) is 7.25. The summed E-state index contributed by atoms with van der Waals surface area (Å²) >= 11 is 1.69. The molecule has 0 aromatic carbocycles. The summed E-state index contributed by atoms with van der Waals surface area (Å²) in [5, 5.41) is 2.16. The van der Waals surface area contributed by atoms with Crippen molar-refractivity contribution in [2.24, 2.45) is 0 Å². The first-order valence-electron chi connectivity index (χ1n) is 3.96. The zero-order chi connectivity index (χ0) is 7.68. The summed E-state index contributed by atoms with van der Waals surface area (Å²) in [6, 6.07) is 0.598. The second kappa shape index (κ2) is 2.91. The van der Waals surface area contributed by atoms with Gasteiger partial charge in [0.05, 0.1) is 17.2 Å². The predicted molar refractivity (Wildman–Crippen MR) is 46.7 cm³/mol. The Bertz CT molecular complexity index is 220. The molecule has 2 heterocycles. The van der Waals surface area contributed by atoms with Crippen LogP contribution < -0.4 is 0 Å². The van der Waals surface area contributed by atoms with Crippen LogP contribution in [0.4, 0.5) is 0 Å². The zero-order valence-electron chi connectivity index (χ0n) is 6.66. The summed E-state index contributed by atoms with van der Waals surface area (Å²) in [6.07, 6.45) is 2.60. The smallest absolute Gasteiger partial charge is 0.0795 e. The molecule has 2 nitrogen and oxygen atoms in total. The van der Waals surface area contributed by atoms with Crippen molar-refractivity contribution in [3.05, 3.63) is 16.6 Å². The molecular formula is C8H12N2S. The molecule has 1 atom stereocenters. The Morgan fingerprint density at radius 2 is 2.64 bits per heavy atom. The third-order valence-corrected chi connectivity index (χ3v) is 2.92. The van der Waals surface area contributed by atoms with E-state index in [0.29, 0.717) is 6.04 Å². The van der Waals surface area contributed by atoms with Crippen LogP contribution in [0.25, 0.3) is 0 Å². The van der Waals surface area contributed by atoms with Gasteiger partial charge in [0.1, 0.15) is 0 Å². The van der Waals surface area contributed by atoms with E-state index in [-0.39, 0.29) is 0 Å². The molecule has 1 aromatic rings. The molecular weight excluding hydrogens is 156 g/mol. The van der Waals surface area contributed by atoms with E-state index in [0.717, 1.165) is 0 Å². The number of thiazole rings is 1. The van der Waals surface area contributed by atoms with Crippen molar-refractivity contribution >= 4 is 11.3 Å². The quantitative estimate of drug-likeness (QED) is 0.636. The van der Waals surface area contributed by atoms with Gasteiger partial charge in [-0.25, -0.2) is 4.98 Å². The first-order valence-corrected chi connectivity index (χ1v) is 4.90. The Morgan fingerprint density at radius 3 is 3.18 bits per heavy atom. The molecule has 0 saturated carbocycles. The van der Waals surface area contributed by atoms with Gasteiger partial charge in [-0.15, -0.1) is 11.3 Å². The summed E-state index contributed by atoms with van der Waals surface area (Å²) in [5.41, 5.74) is 3.18. The molecule has 0 N–H and O–H groups in total. The summed E-state index contributed by atoms with van der Waals surface area (Å²) < 4.78 is 0. The number of hydrogen-bond donors (Lipinski definition) is 0. The number of nitrogens with zero attached hydrogens (tertiary/aromatic N) is 2. The maximum atomic E-state index is 4.33. The van der Waals surface area contributed by atoms with Crippen molar-refractivity contribution in [2.45, 2.75) is 18.9 Å². The second-order valence-corrected chi connectivity index (χ2v) is 3.77. The van der Waals surface area contributed by atoms with Gasteiger partial charge in [0.25, 0.3) is 0 Å². The van der Waals surface area contributed by atoms with E-state index in [1.54, 1.807) is 11.3 Å². The predicted octanol–water partition coefficient (Wildman–Crippen LogP) is 1.91. The SMILES string of the molecule is CN1CCCC1c1cscn1. The third-order valence-electron chi connectivity index (χ3n) is 2.31. The summed E-state index contributed by atoms with van der Waals surface area (Å²) in [5.74, 6) is 0. The van der Waals surface area contributed by atoms with E-state index in [9.17, 15) is 0 Å². The lowest BCUT2D eigenvalue weighted by atomic mass is 10.2. The van der Waals surface area contributed by atoms with Crippen molar-refractivity contribution in [3.8, 4) is 0 Å². The van der Waals surface area contributed by atoms with Gasteiger partial charge in [-0.2, -0.15) is 0 Å². The maximum absolute atomic E-state index is 4.33. The molecule has 0 radical (unpaired) electrons. The Hall–Kier alpha value is -0.410. The highest BCUT2D eigenvalue weighted by molar-refractivity contribution is 7.07. The molecule has 1 fully saturated rings. The maximum Gasteiger partial charge on any atom is 0.0795 e. The molecule has 0 spiro atoms. The Balaban J connectivity index is 2.16. The van der Waals surface area contributed by atoms with Gasteiger partial charge in [0, 0.05) is 5.38 Å². The molecule has 1 aromatic heterocycles. The molecule has 0 aliphatic carbocycles. The third kappa shape index (κ3) is 1.30. The standard InChI is InChI=1S/C8H12N2S/c1-10-4-2-3-8(10)7-5-11-6-9-7/h5-6,8H,2-4H2,1H3. The number of hydrogen-bond acceptors (Lipinski definition) is 3. The van der Waals surface area contributed by atoms with Gasteiger partial charge in [-0.3, -0.25) is 4.90 Å². The molecule has 1 unspecified atom stereocenters. The zero-order valence-corrected chi connectivity index (χ0v) is 7.47. The van der Waals surface area contributed by atoms with Crippen LogP contribution in [0, 0.1) is 0 Å². The van der Waals surface area contributed by atoms with Gasteiger partial charge in [0.15, 0.2) is 0 Å². The normalized spacial score (nSPS) is 26.1. The minimum atomic E-state index is 0.598. The van der Waals surface area contributed by atoms with Crippen LogP contribution in [-0.4, -0.2) is 23.5 Å². The monoisotopic (exact) mass is 168 g/mol. The lowest BCUT2D eigenvalue weighted by Crippen LogP contribution is -2.17. The van der Waals surface area contributed by atoms with Crippen LogP contribution in [0.5, 0.6) is 0 Å². The van der Waals surface area contributed by atoms with Crippen molar-refractivity contribution in [3.63, 3.8) is 0 Å². The van der Waals surface area contributed by atoms with E-state index in [1.165, 1.54) is 25.1 Å². The average Bonchev–Trinajstić information content (AvgIpc) is 2.55. The van der Waals surface area contributed by atoms with E-state index in [1.807, 2.05) is 5.51 Å². The molecule has 0 amide bonds. The van der Waals surface area contributed by atoms with Crippen molar-refractivity contribution in [2.75, 3.05) is 13.6 Å². The molecule has 60 valence electrons. The van der Waals surface area contributed by atoms with Crippen LogP contribution in [0.1, 0.15) is 24.6 Å².